The van der Waals surface area contributed by atoms with Gasteiger partial charge in [-0.2, -0.15) is 0 Å². The van der Waals surface area contributed by atoms with Gasteiger partial charge in [0.25, 0.3) is 0 Å². The van der Waals surface area contributed by atoms with Gasteiger partial charge in [0.1, 0.15) is 11.4 Å². The van der Waals surface area contributed by atoms with Gasteiger partial charge in [0.05, 0.1) is 5.39 Å². The monoisotopic (exact) mass is 332 g/mol. The standard InChI is InChI=1S/C17H10ClFO4/c1-9(20)22-17-15(21)13-8-11(18)4-7-14(13)23-16(17)10-2-5-12(19)6-3-10/h2-8H,1H3. The Morgan fingerprint density at radius 2 is 1.87 bits per heavy atom. The molecule has 2 aromatic carbocycles. The summed E-state index contributed by atoms with van der Waals surface area (Å²) in [6.07, 6.45) is 0. The largest absolute Gasteiger partial charge is 0.452 e. The Labute approximate surface area is 135 Å². The van der Waals surface area contributed by atoms with Crippen LogP contribution in [-0.4, -0.2) is 5.97 Å². The number of fused-ring (bicyclic) bond motifs is 1. The summed E-state index contributed by atoms with van der Waals surface area (Å²) in [6, 6.07) is 9.86. The van der Waals surface area contributed by atoms with E-state index in [1.54, 1.807) is 12.1 Å². The summed E-state index contributed by atoms with van der Waals surface area (Å²) in [5.74, 6) is -1.29. The first-order chi connectivity index (χ1) is 11.0. The van der Waals surface area contributed by atoms with Gasteiger partial charge in [-0.1, -0.05) is 11.6 Å². The van der Waals surface area contributed by atoms with Crippen LogP contribution in [0.2, 0.25) is 5.02 Å². The van der Waals surface area contributed by atoms with Gasteiger partial charge in [0, 0.05) is 17.5 Å². The van der Waals surface area contributed by atoms with E-state index in [1.165, 1.54) is 37.3 Å². The Morgan fingerprint density at radius 3 is 2.52 bits per heavy atom. The van der Waals surface area contributed by atoms with E-state index in [2.05, 4.69) is 0 Å². The average Bonchev–Trinajstić information content (AvgIpc) is 2.51. The Morgan fingerprint density at radius 1 is 1.17 bits per heavy atom. The fourth-order valence-electron chi connectivity index (χ4n) is 2.18. The molecule has 0 saturated carbocycles. The number of benzene rings is 2. The van der Waals surface area contributed by atoms with Crippen LogP contribution in [0.4, 0.5) is 4.39 Å². The van der Waals surface area contributed by atoms with Gasteiger partial charge in [-0.25, -0.2) is 4.39 Å². The van der Waals surface area contributed by atoms with Crippen LogP contribution in [0.15, 0.2) is 51.7 Å². The predicted octanol–water partition coefficient (Wildman–Crippen LogP) is 4.18. The van der Waals surface area contributed by atoms with Crippen molar-refractivity contribution in [2.24, 2.45) is 0 Å². The topological polar surface area (TPSA) is 56.5 Å². The maximum atomic E-state index is 13.1. The second-order valence-corrected chi connectivity index (χ2v) is 5.27. The molecule has 0 aliphatic heterocycles. The van der Waals surface area contributed by atoms with E-state index in [0.717, 1.165) is 0 Å². The molecule has 0 aliphatic rings. The Kier molecular flexibility index (Phi) is 3.88. The van der Waals surface area contributed by atoms with E-state index in [0.29, 0.717) is 10.6 Å². The van der Waals surface area contributed by atoms with E-state index in [-0.39, 0.29) is 22.5 Å². The molecule has 0 unspecified atom stereocenters. The number of rotatable bonds is 2. The van der Waals surface area contributed by atoms with Gasteiger partial charge in [0.2, 0.25) is 11.2 Å². The number of carbonyl (C=O) groups excluding carboxylic acids is 1. The lowest BCUT2D eigenvalue weighted by Crippen LogP contribution is -2.13. The molecule has 6 heteroatoms. The van der Waals surface area contributed by atoms with Crippen LogP contribution in [0.1, 0.15) is 6.92 Å². The summed E-state index contributed by atoms with van der Waals surface area (Å²) >= 11 is 5.89. The molecule has 3 aromatic rings. The van der Waals surface area contributed by atoms with Gasteiger partial charge >= 0.3 is 5.97 Å². The van der Waals surface area contributed by atoms with Crippen molar-refractivity contribution in [1.82, 2.24) is 0 Å². The Bertz CT molecular complexity index is 961. The van der Waals surface area contributed by atoms with Crippen LogP contribution in [0.25, 0.3) is 22.3 Å². The molecule has 1 heterocycles. The van der Waals surface area contributed by atoms with Gasteiger partial charge in [-0.15, -0.1) is 0 Å². The fourth-order valence-corrected chi connectivity index (χ4v) is 2.35. The van der Waals surface area contributed by atoms with Crippen molar-refractivity contribution >= 4 is 28.5 Å². The Hall–Kier alpha value is -2.66. The second kappa shape index (κ2) is 5.85. The van der Waals surface area contributed by atoms with E-state index in [1.807, 2.05) is 0 Å². The molecule has 0 amide bonds. The van der Waals surface area contributed by atoms with E-state index < -0.39 is 17.2 Å². The van der Waals surface area contributed by atoms with Gasteiger partial charge in [-0.05, 0) is 42.5 Å². The summed E-state index contributed by atoms with van der Waals surface area (Å²) in [6.45, 7) is 1.18. The lowest BCUT2D eigenvalue weighted by atomic mass is 10.1. The van der Waals surface area contributed by atoms with Gasteiger partial charge in [0.15, 0.2) is 5.76 Å². The first kappa shape index (κ1) is 15.2. The zero-order valence-corrected chi connectivity index (χ0v) is 12.7. The molecule has 0 spiro atoms. The minimum atomic E-state index is -0.665. The number of esters is 1. The molecule has 3 rings (SSSR count). The number of hydrogen-bond acceptors (Lipinski definition) is 4. The molecule has 0 aliphatic carbocycles. The highest BCUT2D eigenvalue weighted by atomic mass is 35.5. The van der Waals surface area contributed by atoms with E-state index in [4.69, 9.17) is 20.8 Å². The number of halogens is 2. The number of carbonyl (C=O) groups is 1. The molecule has 0 fully saturated rings. The van der Waals surface area contributed by atoms with Crippen molar-refractivity contribution < 1.29 is 18.3 Å². The summed E-state index contributed by atoms with van der Waals surface area (Å²) in [5, 5.41) is 0.549. The van der Waals surface area contributed by atoms with E-state index in [9.17, 15) is 14.0 Å². The lowest BCUT2D eigenvalue weighted by molar-refractivity contribution is -0.131. The van der Waals surface area contributed by atoms with Gasteiger partial charge < -0.3 is 9.15 Å². The SMILES string of the molecule is CC(=O)Oc1c(-c2ccc(F)cc2)oc2ccc(Cl)cc2c1=O. The first-order valence-corrected chi connectivity index (χ1v) is 7.04. The summed E-state index contributed by atoms with van der Waals surface area (Å²) in [7, 11) is 0. The molecule has 23 heavy (non-hydrogen) atoms. The third kappa shape index (κ3) is 2.96. The maximum absolute atomic E-state index is 13.1. The third-order valence-electron chi connectivity index (χ3n) is 3.16. The lowest BCUT2D eigenvalue weighted by Gasteiger charge is -2.09. The molecule has 0 radical (unpaired) electrons. The third-order valence-corrected chi connectivity index (χ3v) is 3.40. The number of hydrogen-bond donors (Lipinski definition) is 0. The quantitative estimate of drug-likeness (QED) is 0.661. The predicted molar refractivity (Wildman–Crippen MR) is 84.2 cm³/mol. The fraction of sp³-hybridized carbons (Fsp3) is 0.0588. The summed E-state index contributed by atoms with van der Waals surface area (Å²) in [5.41, 5.74) is 0.175. The molecule has 116 valence electrons. The van der Waals surface area contributed by atoms with Crippen molar-refractivity contribution in [2.45, 2.75) is 6.92 Å². The van der Waals surface area contributed by atoms with Crippen LogP contribution in [0, 0.1) is 5.82 Å². The molecule has 4 nitrogen and oxygen atoms in total. The first-order valence-electron chi connectivity index (χ1n) is 6.66. The van der Waals surface area contributed by atoms with Crippen LogP contribution in [-0.2, 0) is 4.79 Å². The van der Waals surface area contributed by atoms with Gasteiger partial charge in [-0.3, -0.25) is 9.59 Å². The van der Waals surface area contributed by atoms with Crippen LogP contribution in [0.3, 0.4) is 0 Å². The molecule has 0 bridgehead atoms. The summed E-state index contributed by atoms with van der Waals surface area (Å²) in [4.78, 5) is 23.9. The minimum absolute atomic E-state index is 0.0556. The molecule has 1 aromatic heterocycles. The molecule has 0 N–H and O–H groups in total. The van der Waals surface area contributed by atoms with Crippen molar-refractivity contribution in [1.29, 1.82) is 0 Å². The maximum Gasteiger partial charge on any atom is 0.308 e. The van der Waals surface area contributed by atoms with Crippen LogP contribution < -0.4 is 10.2 Å². The zero-order valence-electron chi connectivity index (χ0n) is 11.9. The van der Waals surface area contributed by atoms with E-state index >= 15 is 0 Å². The van der Waals surface area contributed by atoms with Crippen LogP contribution >= 0.6 is 11.6 Å². The number of ether oxygens (including phenoxy) is 1. The highest BCUT2D eigenvalue weighted by molar-refractivity contribution is 6.31. The van der Waals surface area contributed by atoms with Crippen molar-refractivity contribution in [3.05, 3.63) is 63.5 Å². The Balaban J connectivity index is 2.34. The minimum Gasteiger partial charge on any atom is -0.452 e. The molecular formula is C17H10ClFO4. The molecular weight excluding hydrogens is 323 g/mol. The van der Waals surface area contributed by atoms with Crippen molar-refractivity contribution in [2.75, 3.05) is 0 Å². The highest BCUT2D eigenvalue weighted by Gasteiger charge is 2.19. The average molecular weight is 333 g/mol. The second-order valence-electron chi connectivity index (χ2n) is 4.83. The summed E-state index contributed by atoms with van der Waals surface area (Å²) < 4.78 is 23.8. The highest BCUT2D eigenvalue weighted by Crippen LogP contribution is 2.31. The normalized spacial score (nSPS) is 10.7. The zero-order chi connectivity index (χ0) is 16.6. The van der Waals surface area contributed by atoms with Crippen LogP contribution in [0.5, 0.6) is 5.75 Å². The van der Waals surface area contributed by atoms with Crippen molar-refractivity contribution in [3.8, 4) is 17.1 Å². The molecule has 0 atom stereocenters. The van der Waals surface area contributed by atoms with Crippen molar-refractivity contribution in [3.63, 3.8) is 0 Å². The smallest absolute Gasteiger partial charge is 0.308 e. The molecule has 0 saturated heterocycles.